The molecule has 10 nitrogen and oxygen atoms in total. The summed E-state index contributed by atoms with van der Waals surface area (Å²) < 4.78 is 52.9. The van der Waals surface area contributed by atoms with Crippen LogP contribution in [0.25, 0.3) is 11.1 Å². The van der Waals surface area contributed by atoms with Crippen LogP contribution in [0.5, 0.6) is 23.0 Å². The van der Waals surface area contributed by atoms with Gasteiger partial charge in [0.2, 0.25) is 11.2 Å². The zero-order chi connectivity index (χ0) is 30.3. The number of aryl methyl sites for hydroxylation is 1. The Kier molecular flexibility index (Phi) is 8.46. The molecule has 2 aromatic rings. The summed E-state index contributed by atoms with van der Waals surface area (Å²) in [6.45, 7) is 3.89. The van der Waals surface area contributed by atoms with E-state index in [-0.39, 0.29) is 34.3 Å². The van der Waals surface area contributed by atoms with Gasteiger partial charge in [0.1, 0.15) is 5.78 Å². The average molecular weight is 590 g/mol. The van der Waals surface area contributed by atoms with E-state index in [1.54, 1.807) is 33.5 Å². The van der Waals surface area contributed by atoms with E-state index in [4.69, 9.17) is 29.2 Å². The standard InChI is InChI=1S/C20H23NO5.C10H16O4S/c1-23-16-8-6-12-13(10-15(16)22)14(21)7-5-11-9-17(24-2)19(25-3)20(26-4)18(11)12;1-9(2)7-3-4-10(9,8(11)5-7)6-15(12,13)14/h6,8-10,14H,5,7,21H2,1-4H3;7H,3-6H2,1-2H3,(H,12,13,14)/t14-;7-,10-/m11/s1. The predicted octanol–water partition coefficient (Wildman–Crippen LogP) is 3.96. The molecule has 0 saturated heterocycles. The molecule has 41 heavy (non-hydrogen) atoms. The van der Waals surface area contributed by atoms with Crippen molar-refractivity contribution < 1.29 is 36.7 Å². The number of hydrogen-bond acceptors (Lipinski definition) is 9. The quantitative estimate of drug-likeness (QED) is 0.474. The molecule has 224 valence electrons. The number of carbonyl (C=O) groups excluding carboxylic acids is 1. The third-order valence-electron chi connectivity index (χ3n) is 9.33. The molecule has 3 N–H and O–H groups in total. The van der Waals surface area contributed by atoms with Crippen LogP contribution >= 0.6 is 0 Å². The van der Waals surface area contributed by atoms with Crippen LogP contribution < -0.4 is 30.1 Å². The van der Waals surface area contributed by atoms with E-state index in [0.29, 0.717) is 36.5 Å². The molecular formula is C30H39NO9S. The number of ketones is 1. The number of Topliss-reactive ketones (excluding diaryl/α,β-unsaturated/α-hetero) is 1. The highest BCUT2D eigenvalue weighted by Gasteiger charge is 2.65. The van der Waals surface area contributed by atoms with E-state index < -0.39 is 21.3 Å². The Bertz CT molecular complexity index is 1520. The van der Waals surface area contributed by atoms with E-state index in [1.807, 2.05) is 26.0 Å². The summed E-state index contributed by atoms with van der Waals surface area (Å²) in [5, 5.41) is 0. The number of nitrogens with two attached hydrogens (primary N) is 1. The number of hydrogen-bond donors (Lipinski definition) is 2. The molecule has 3 aliphatic rings. The number of rotatable bonds is 6. The number of ether oxygens (including phenoxy) is 4. The second-order valence-corrected chi connectivity index (χ2v) is 12.9. The molecule has 0 radical (unpaired) electrons. The van der Waals surface area contributed by atoms with Crippen molar-refractivity contribution in [3.63, 3.8) is 0 Å². The van der Waals surface area contributed by atoms with Gasteiger partial charge in [0.15, 0.2) is 17.2 Å². The van der Waals surface area contributed by atoms with Gasteiger partial charge >= 0.3 is 0 Å². The third-order valence-corrected chi connectivity index (χ3v) is 10.2. The molecule has 3 atom stereocenters. The van der Waals surface area contributed by atoms with E-state index >= 15 is 0 Å². The van der Waals surface area contributed by atoms with Gasteiger partial charge in [0, 0.05) is 18.0 Å². The molecule has 2 bridgehead atoms. The van der Waals surface area contributed by atoms with Crippen LogP contribution in [0.2, 0.25) is 0 Å². The van der Waals surface area contributed by atoms with Gasteiger partial charge in [0.05, 0.1) is 39.6 Å². The zero-order valence-electron chi connectivity index (χ0n) is 24.4. The summed E-state index contributed by atoms with van der Waals surface area (Å²) in [5.41, 5.74) is 8.57. The van der Waals surface area contributed by atoms with Gasteiger partial charge in [-0.2, -0.15) is 8.42 Å². The summed E-state index contributed by atoms with van der Waals surface area (Å²) in [6.07, 6.45) is 3.40. The molecule has 0 unspecified atom stereocenters. The number of benzene rings is 1. The number of fused-ring (bicyclic) bond motifs is 5. The van der Waals surface area contributed by atoms with Gasteiger partial charge in [-0.15, -0.1) is 0 Å². The van der Waals surface area contributed by atoms with Crippen LogP contribution in [0, 0.1) is 16.7 Å². The van der Waals surface area contributed by atoms with Gasteiger partial charge in [-0.25, -0.2) is 0 Å². The average Bonchev–Trinajstić information content (AvgIpc) is 3.10. The van der Waals surface area contributed by atoms with Crippen molar-refractivity contribution in [2.75, 3.05) is 34.2 Å². The monoisotopic (exact) mass is 589 g/mol. The molecule has 0 heterocycles. The number of methoxy groups -OCH3 is 4. The second-order valence-electron chi connectivity index (χ2n) is 11.5. The lowest BCUT2D eigenvalue weighted by Crippen LogP contribution is -2.42. The minimum absolute atomic E-state index is 0.0152. The lowest BCUT2D eigenvalue weighted by atomic mass is 9.70. The smallest absolute Gasteiger partial charge is 0.265 e. The molecule has 11 heteroatoms. The third kappa shape index (κ3) is 5.30. The van der Waals surface area contributed by atoms with Crippen molar-refractivity contribution in [3.05, 3.63) is 45.6 Å². The molecular weight excluding hydrogens is 550 g/mol. The predicted molar refractivity (Wildman–Crippen MR) is 155 cm³/mol. The Morgan fingerprint density at radius 3 is 2.12 bits per heavy atom. The molecule has 0 spiro atoms. The fourth-order valence-corrected chi connectivity index (χ4v) is 8.22. The first-order valence-electron chi connectivity index (χ1n) is 13.5. The summed E-state index contributed by atoms with van der Waals surface area (Å²) in [6, 6.07) is 6.75. The number of carbonyl (C=O) groups is 1. The first-order chi connectivity index (χ1) is 19.2. The molecule has 0 aromatic heterocycles. The summed E-state index contributed by atoms with van der Waals surface area (Å²) in [7, 11) is 2.15. The minimum atomic E-state index is -4.08. The molecule has 2 saturated carbocycles. The van der Waals surface area contributed by atoms with Crippen molar-refractivity contribution in [2.45, 2.75) is 52.0 Å². The lowest BCUT2D eigenvalue weighted by Gasteiger charge is -2.35. The van der Waals surface area contributed by atoms with Crippen LogP contribution in [0.1, 0.15) is 56.7 Å². The normalized spacial score (nSPS) is 23.9. The van der Waals surface area contributed by atoms with Gasteiger partial charge in [0.25, 0.3) is 10.1 Å². The molecule has 0 amide bonds. The maximum atomic E-state index is 12.4. The van der Waals surface area contributed by atoms with Crippen molar-refractivity contribution in [1.29, 1.82) is 0 Å². The molecule has 3 aliphatic carbocycles. The Morgan fingerprint density at radius 2 is 1.61 bits per heavy atom. The second kappa shape index (κ2) is 11.3. The van der Waals surface area contributed by atoms with Gasteiger partial charge in [-0.3, -0.25) is 14.1 Å². The highest BCUT2D eigenvalue weighted by molar-refractivity contribution is 7.85. The maximum absolute atomic E-state index is 12.4. The van der Waals surface area contributed by atoms with E-state index in [9.17, 15) is 18.0 Å². The van der Waals surface area contributed by atoms with Crippen LogP contribution in [-0.4, -0.2) is 52.9 Å². The van der Waals surface area contributed by atoms with Crippen molar-refractivity contribution >= 4 is 15.9 Å². The Labute approximate surface area is 240 Å². The van der Waals surface area contributed by atoms with E-state index in [0.717, 1.165) is 35.1 Å². The summed E-state index contributed by atoms with van der Waals surface area (Å²) >= 11 is 0. The summed E-state index contributed by atoms with van der Waals surface area (Å²) in [4.78, 5) is 24.3. The highest BCUT2D eigenvalue weighted by atomic mass is 32.2. The fraction of sp³-hybridized carbons (Fsp3) is 0.533. The molecule has 2 aromatic carbocycles. The Balaban J connectivity index is 0.000000218. The maximum Gasteiger partial charge on any atom is 0.265 e. The highest BCUT2D eigenvalue weighted by Crippen LogP contribution is 2.64. The van der Waals surface area contributed by atoms with Crippen molar-refractivity contribution in [1.82, 2.24) is 0 Å². The van der Waals surface area contributed by atoms with Crippen LogP contribution in [0.4, 0.5) is 0 Å². The van der Waals surface area contributed by atoms with Gasteiger partial charge in [-0.05, 0) is 71.9 Å². The van der Waals surface area contributed by atoms with Crippen LogP contribution in [0.15, 0.2) is 29.1 Å². The minimum Gasteiger partial charge on any atom is -0.493 e. The van der Waals surface area contributed by atoms with Gasteiger partial charge in [-0.1, -0.05) is 19.9 Å². The first-order valence-corrected chi connectivity index (χ1v) is 15.1. The summed E-state index contributed by atoms with van der Waals surface area (Å²) in [5.74, 6) is 1.84. The van der Waals surface area contributed by atoms with Crippen LogP contribution in [0.3, 0.4) is 0 Å². The topological polar surface area (TPSA) is 151 Å². The first kappa shape index (κ1) is 30.8. The fourth-order valence-electron chi connectivity index (χ4n) is 6.92. The Morgan fingerprint density at radius 1 is 0.951 bits per heavy atom. The SMILES string of the molecule is CC1(C)[C@@H]2CC[C@@]1(CS(=O)(=O)O)C(=O)C2.COc1cc2c(c(OC)c1OC)-c1ccc(OC)c(=O)cc1[C@H](N)CC2. The molecule has 5 rings (SSSR count). The van der Waals surface area contributed by atoms with Gasteiger partial charge < -0.3 is 24.7 Å². The van der Waals surface area contributed by atoms with E-state index in [1.165, 1.54) is 7.11 Å². The van der Waals surface area contributed by atoms with Crippen molar-refractivity contribution in [2.24, 2.45) is 22.5 Å². The molecule has 0 aliphatic heterocycles. The largest absolute Gasteiger partial charge is 0.493 e. The zero-order valence-corrected chi connectivity index (χ0v) is 25.2. The van der Waals surface area contributed by atoms with Crippen LogP contribution in [-0.2, 0) is 21.3 Å². The van der Waals surface area contributed by atoms with E-state index in [2.05, 4.69) is 0 Å². The lowest BCUT2D eigenvalue weighted by molar-refractivity contribution is -0.128. The molecule has 2 fully saturated rings. The Hall–Kier alpha value is -3.15. The van der Waals surface area contributed by atoms with Crippen molar-refractivity contribution in [3.8, 4) is 34.1 Å².